The molecule has 3 aromatic rings. The molecule has 0 N–H and O–H groups in total. The van der Waals surface area contributed by atoms with Crippen LogP contribution in [0.4, 0.5) is 10.2 Å². The number of hydrogen-bond donors (Lipinski definition) is 0. The van der Waals surface area contributed by atoms with Crippen molar-refractivity contribution in [2.75, 3.05) is 57.8 Å². The number of carbonyl (C=O) groups is 1. The molecule has 0 aliphatic carbocycles. The molecule has 0 unspecified atom stereocenters. The van der Waals surface area contributed by atoms with Crippen LogP contribution in [-0.4, -0.2) is 101 Å². The lowest BCUT2D eigenvalue weighted by molar-refractivity contribution is 0.0713. The number of piperidine rings is 1. The topological polar surface area (TPSA) is 87.2 Å². The molecule has 1 aromatic carbocycles. The summed E-state index contributed by atoms with van der Waals surface area (Å²) < 4.78 is 27.2. The molecule has 0 radical (unpaired) electrons. The third-order valence-electron chi connectivity index (χ3n) is 9.12. The van der Waals surface area contributed by atoms with Crippen molar-refractivity contribution < 1.29 is 18.7 Å². The minimum atomic E-state index is -0.494. The van der Waals surface area contributed by atoms with Gasteiger partial charge in [-0.15, -0.1) is 0 Å². The normalized spacial score (nSPS) is 18.0. The van der Waals surface area contributed by atoms with E-state index in [0.29, 0.717) is 18.1 Å². The van der Waals surface area contributed by atoms with Gasteiger partial charge < -0.3 is 24.2 Å². The lowest BCUT2D eigenvalue weighted by Crippen LogP contribution is -2.50. The highest BCUT2D eigenvalue weighted by molar-refractivity contribution is 5.97. The maximum atomic E-state index is 14.3. The fourth-order valence-electron chi connectivity index (χ4n) is 6.80. The van der Waals surface area contributed by atoms with Gasteiger partial charge in [0.25, 0.3) is 5.91 Å². The number of ether oxygens (including phenoxy) is 2. The zero-order valence-corrected chi connectivity index (χ0v) is 26.8. The van der Waals surface area contributed by atoms with E-state index in [1.165, 1.54) is 43.2 Å². The molecular formula is C34H44FN7O3. The van der Waals surface area contributed by atoms with E-state index < -0.39 is 5.82 Å². The molecule has 1 amide bonds. The summed E-state index contributed by atoms with van der Waals surface area (Å²) in [4.78, 5) is 35.5. The molecule has 3 aliphatic rings. The lowest BCUT2D eigenvalue weighted by Gasteiger charge is -2.40. The van der Waals surface area contributed by atoms with Crippen molar-refractivity contribution in [2.24, 2.45) is 5.92 Å². The van der Waals surface area contributed by atoms with Gasteiger partial charge in [0.2, 0.25) is 0 Å². The molecule has 10 nitrogen and oxygen atoms in total. The second kappa shape index (κ2) is 13.7. The first-order valence-electron chi connectivity index (χ1n) is 16.2. The molecule has 0 saturated carbocycles. The maximum absolute atomic E-state index is 14.3. The molecule has 6 rings (SSSR count). The number of carbonyl (C=O) groups excluding carboxylic acids is 1. The monoisotopic (exact) mass is 617 g/mol. The Morgan fingerprint density at radius 2 is 1.89 bits per heavy atom. The number of rotatable bonds is 10. The van der Waals surface area contributed by atoms with Crippen LogP contribution in [0.5, 0.6) is 17.2 Å². The number of hydrogen-bond acceptors (Lipinski definition) is 9. The minimum Gasteiger partial charge on any atom is -0.490 e. The predicted molar refractivity (Wildman–Crippen MR) is 170 cm³/mol. The van der Waals surface area contributed by atoms with Gasteiger partial charge in [-0.25, -0.2) is 14.4 Å². The van der Waals surface area contributed by atoms with E-state index in [1.54, 1.807) is 11.1 Å². The highest BCUT2D eigenvalue weighted by Gasteiger charge is 2.30. The van der Waals surface area contributed by atoms with Gasteiger partial charge >= 0.3 is 0 Å². The van der Waals surface area contributed by atoms with E-state index in [4.69, 9.17) is 9.47 Å². The molecule has 5 heterocycles. The van der Waals surface area contributed by atoms with E-state index in [-0.39, 0.29) is 29.4 Å². The smallest absolute Gasteiger partial charge is 0.257 e. The maximum Gasteiger partial charge on any atom is 0.257 e. The molecule has 11 heteroatoms. The Kier molecular flexibility index (Phi) is 9.46. The molecule has 3 aliphatic heterocycles. The Morgan fingerprint density at radius 3 is 2.62 bits per heavy atom. The van der Waals surface area contributed by atoms with Crippen molar-refractivity contribution in [2.45, 2.75) is 58.7 Å². The van der Waals surface area contributed by atoms with E-state index in [9.17, 15) is 9.18 Å². The molecule has 2 aromatic heterocycles. The van der Waals surface area contributed by atoms with Crippen LogP contribution in [-0.2, 0) is 13.0 Å². The summed E-state index contributed by atoms with van der Waals surface area (Å²) in [7, 11) is 2.18. The van der Waals surface area contributed by atoms with Gasteiger partial charge in [0.1, 0.15) is 29.7 Å². The lowest BCUT2D eigenvalue weighted by atomic mass is 9.98. The summed E-state index contributed by atoms with van der Waals surface area (Å²) in [6.07, 6.45) is 7.64. The third kappa shape index (κ3) is 7.04. The summed E-state index contributed by atoms with van der Waals surface area (Å²) in [5.41, 5.74) is 2.56. The average Bonchev–Trinajstić information content (AvgIpc) is 3.02. The van der Waals surface area contributed by atoms with Gasteiger partial charge in [-0.2, -0.15) is 0 Å². The first-order chi connectivity index (χ1) is 21.8. The number of aromatic nitrogens is 3. The quantitative estimate of drug-likeness (QED) is 0.323. The average molecular weight is 618 g/mol. The van der Waals surface area contributed by atoms with Gasteiger partial charge in [-0.3, -0.25) is 14.7 Å². The van der Waals surface area contributed by atoms with Crippen molar-refractivity contribution in [1.82, 2.24) is 29.7 Å². The van der Waals surface area contributed by atoms with Crippen molar-refractivity contribution >= 4 is 11.7 Å². The molecule has 2 fully saturated rings. The van der Waals surface area contributed by atoms with Crippen molar-refractivity contribution in [1.29, 1.82) is 0 Å². The van der Waals surface area contributed by atoms with Crippen LogP contribution in [0.2, 0.25) is 0 Å². The molecule has 0 bridgehead atoms. The number of benzene rings is 1. The van der Waals surface area contributed by atoms with Gasteiger partial charge in [-0.1, -0.05) is 0 Å². The first-order valence-corrected chi connectivity index (χ1v) is 16.2. The number of fused-ring (bicyclic) bond motifs is 1. The van der Waals surface area contributed by atoms with Crippen molar-refractivity contribution in [3.8, 4) is 17.2 Å². The largest absolute Gasteiger partial charge is 0.490 e. The number of halogens is 1. The van der Waals surface area contributed by atoms with Crippen LogP contribution in [0.25, 0.3) is 0 Å². The second-order valence-corrected chi connectivity index (χ2v) is 12.7. The summed E-state index contributed by atoms with van der Waals surface area (Å²) >= 11 is 0. The van der Waals surface area contributed by atoms with Gasteiger partial charge in [-0.05, 0) is 58.0 Å². The van der Waals surface area contributed by atoms with Crippen LogP contribution in [0, 0.1) is 11.7 Å². The van der Waals surface area contributed by atoms with Gasteiger partial charge in [0.05, 0.1) is 11.8 Å². The zero-order valence-electron chi connectivity index (χ0n) is 26.8. The van der Waals surface area contributed by atoms with Crippen LogP contribution in [0.15, 0.2) is 43.0 Å². The Morgan fingerprint density at radius 1 is 1.09 bits per heavy atom. The van der Waals surface area contributed by atoms with Crippen LogP contribution >= 0.6 is 0 Å². The highest BCUT2D eigenvalue weighted by atomic mass is 19.1. The van der Waals surface area contributed by atoms with Gasteiger partial charge in [0, 0.05) is 95.1 Å². The van der Waals surface area contributed by atoms with E-state index in [0.717, 1.165) is 69.3 Å². The van der Waals surface area contributed by atoms with E-state index in [1.807, 2.05) is 33.0 Å². The standard InChI is InChI=1S/C34H44FN7O3/c1-5-42(23(2)3)34(43)27-16-25(35)6-7-30(27)45-32-17-36-22-38-33(32)41-14-9-26(10-15-41)44-31-8-12-37-29-11-13-40(21-28(29)31)20-24-18-39(4)19-24/h6-8,12,16-17,22-24,26H,5,9-11,13-15,18-21H2,1-4H3. The van der Waals surface area contributed by atoms with Crippen LogP contribution < -0.4 is 14.4 Å². The van der Waals surface area contributed by atoms with Crippen LogP contribution in [0.1, 0.15) is 55.2 Å². The summed E-state index contributed by atoms with van der Waals surface area (Å²) in [5.74, 6) is 2.26. The predicted octanol–water partition coefficient (Wildman–Crippen LogP) is 4.64. The number of anilines is 1. The Balaban J connectivity index is 1.12. The van der Waals surface area contributed by atoms with Crippen molar-refractivity contribution in [3.63, 3.8) is 0 Å². The second-order valence-electron chi connectivity index (χ2n) is 12.7. The van der Waals surface area contributed by atoms with E-state index >= 15 is 0 Å². The first kappa shape index (κ1) is 31.2. The Hall–Kier alpha value is -3.83. The molecule has 240 valence electrons. The summed E-state index contributed by atoms with van der Waals surface area (Å²) in [6, 6.07) is 6.01. The number of pyridine rings is 1. The van der Waals surface area contributed by atoms with Crippen LogP contribution in [0.3, 0.4) is 0 Å². The zero-order chi connectivity index (χ0) is 31.5. The van der Waals surface area contributed by atoms with E-state index in [2.05, 4.69) is 36.7 Å². The minimum absolute atomic E-state index is 0.0380. The Labute approximate surface area is 265 Å². The number of nitrogens with zero attached hydrogens (tertiary/aromatic N) is 7. The summed E-state index contributed by atoms with van der Waals surface area (Å²) in [6.45, 7) is 13.1. The third-order valence-corrected chi connectivity index (χ3v) is 9.12. The molecule has 45 heavy (non-hydrogen) atoms. The number of likely N-dealkylation sites (tertiary alicyclic amines) is 1. The molecule has 0 atom stereocenters. The fourth-order valence-corrected chi connectivity index (χ4v) is 6.80. The van der Waals surface area contributed by atoms with Gasteiger partial charge in [0.15, 0.2) is 11.6 Å². The molecule has 0 spiro atoms. The number of amides is 1. The fraction of sp³-hybridized carbons (Fsp3) is 0.529. The highest BCUT2D eigenvalue weighted by Crippen LogP contribution is 2.35. The summed E-state index contributed by atoms with van der Waals surface area (Å²) in [5, 5.41) is 0. The molecular weight excluding hydrogens is 573 g/mol. The Bertz CT molecular complexity index is 1490. The molecule has 2 saturated heterocycles. The SMILES string of the molecule is CCN(C(=O)c1cc(F)ccc1Oc1cncnc1N1CCC(Oc2ccnc3c2CN(CC2CN(C)C2)CC3)CC1)C(C)C. The van der Waals surface area contributed by atoms with Crippen molar-refractivity contribution in [3.05, 3.63) is 65.6 Å².